The summed E-state index contributed by atoms with van der Waals surface area (Å²) in [6, 6.07) is 9.63. The molecule has 3 rings (SSSR count). The van der Waals surface area contributed by atoms with Crippen LogP contribution >= 0.6 is 0 Å². The van der Waals surface area contributed by atoms with Gasteiger partial charge in [-0.3, -0.25) is 9.59 Å². The number of aromatic nitrogens is 1. The van der Waals surface area contributed by atoms with Crippen LogP contribution in [0.25, 0.3) is 10.8 Å². The number of amides is 1. The summed E-state index contributed by atoms with van der Waals surface area (Å²) in [7, 11) is 0. The summed E-state index contributed by atoms with van der Waals surface area (Å²) in [5, 5.41) is 1.43. The van der Waals surface area contributed by atoms with Gasteiger partial charge in [0.2, 0.25) is 0 Å². The van der Waals surface area contributed by atoms with Gasteiger partial charge in [-0.1, -0.05) is 32.0 Å². The van der Waals surface area contributed by atoms with Crippen molar-refractivity contribution in [2.75, 3.05) is 0 Å². The molecule has 0 unspecified atom stereocenters. The minimum absolute atomic E-state index is 0.0634. The van der Waals surface area contributed by atoms with Crippen LogP contribution in [0.4, 0.5) is 0 Å². The Morgan fingerprint density at radius 3 is 2.55 bits per heavy atom. The molecular formula is C18H22N2O2. The average Bonchev–Trinajstić information content (AvgIpc) is 3.32. The Labute approximate surface area is 130 Å². The molecule has 0 aliphatic heterocycles. The zero-order valence-electron chi connectivity index (χ0n) is 13.3. The number of hydrogen-bond acceptors (Lipinski definition) is 2. The van der Waals surface area contributed by atoms with Crippen LogP contribution in [0.5, 0.6) is 0 Å². The standard InChI is InChI=1S/C18H22N2O2/c1-11(2)12(3)20(14-8-9-14)18(22)16-10-13-6-4-5-7-15(13)17(21)19-16/h4-7,10-12,14H,8-9H2,1-3H3,(H,19,21)/t12-/m1/s1. The molecule has 1 amide bonds. The average molecular weight is 298 g/mol. The summed E-state index contributed by atoms with van der Waals surface area (Å²) >= 11 is 0. The lowest BCUT2D eigenvalue weighted by Gasteiger charge is -2.32. The first-order chi connectivity index (χ1) is 10.5. The molecule has 1 saturated carbocycles. The first-order valence-corrected chi connectivity index (χ1v) is 7.93. The minimum atomic E-state index is -0.200. The van der Waals surface area contributed by atoms with E-state index in [0.717, 1.165) is 18.2 Å². The molecule has 4 heteroatoms. The van der Waals surface area contributed by atoms with Crippen LogP contribution in [0, 0.1) is 5.92 Å². The molecule has 1 aromatic carbocycles. The number of pyridine rings is 1. The molecule has 0 radical (unpaired) electrons. The lowest BCUT2D eigenvalue weighted by Crippen LogP contribution is -2.43. The molecule has 1 heterocycles. The summed E-state index contributed by atoms with van der Waals surface area (Å²) in [6.45, 7) is 6.33. The van der Waals surface area contributed by atoms with E-state index in [1.165, 1.54) is 0 Å². The third kappa shape index (κ3) is 2.65. The van der Waals surface area contributed by atoms with Crippen molar-refractivity contribution >= 4 is 16.7 Å². The van der Waals surface area contributed by atoms with Crippen molar-refractivity contribution in [3.05, 3.63) is 46.4 Å². The van der Waals surface area contributed by atoms with Crippen LogP contribution in [0.2, 0.25) is 0 Å². The molecule has 4 nitrogen and oxygen atoms in total. The highest BCUT2D eigenvalue weighted by atomic mass is 16.2. The summed E-state index contributed by atoms with van der Waals surface area (Å²) in [5.41, 5.74) is 0.192. The van der Waals surface area contributed by atoms with Gasteiger partial charge in [0, 0.05) is 17.5 Å². The number of aromatic amines is 1. The van der Waals surface area contributed by atoms with Gasteiger partial charge in [0.05, 0.1) is 0 Å². The van der Waals surface area contributed by atoms with Crippen molar-refractivity contribution in [1.82, 2.24) is 9.88 Å². The molecule has 0 spiro atoms. The van der Waals surface area contributed by atoms with E-state index in [0.29, 0.717) is 23.0 Å². The third-order valence-corrected chi connectivity index (χ3v) is 4.56. The molecule has 1 aliphatic carbocycles. The summed E-state index contributed by atoms with van der Waals surface area (Å²) in [4.78, 5) is 29.8. The first-order valence-electron chi connectivity index (χ1n) is 7.93. The Kier molecular flexibility index (Phi) is 3.77. The summed E-state index contributed by atoms with van der Waals surface area (Å²) < 4.78 is 0. The molecule has 1 atom stereocenters. The Morgan fingerprint density at radius 1 is 1.23 bits per heavy atom. The number of nitrogens with zero attached hydrogens (tertiary/aromatic N) is 1. The van der Waals surface area contributed by atoms with Crippen molar-refractivity contribution in [2.24, 2.45) is 5.92 Å². The van der Waals surface area contributed by atoms with E-state index in [9.17, 15) is 9.59 Å². The Bertz CT molecular complexity index is 759. The van der Waals surface area contributed by atoms with Gasteiger partial charge in [-0.25, -0.2) is 0 Å². The van der Waals surface area contributed by atoms with Gasteiger partial charge in [-0.05, 0) is 43.2 Å². The molecule has 1 fully saturated rings. The van der Waals surface area contributed by atoms with Gasteiger partial charge < -0.3 is 9.88 Å². The predicted octanol–water partition coefficient (Wildman–Crippen LogP) is 3.18. The number of fused-ring (bicyclic) bond motifs is 1. The number of benzene rings is 1. The lowest BCUT2D eigenvalue weighted by molar-refractivity contribution is 0.0621. The molecule has 0 bridgehead atoms. The van der Waals surface area contributed by atoms with E-state index in [1.54, 1.807) is 12.1 Å². The number of carbonyl (C=O) groups excluding carboxylic acids is 1. The Morgan fingerprint density at radius 2 is 1.91 bits per heavy atom. The van der Waals surface area contributed by atoms with Crippen LogP contribution in [0.3, 0.4) is 0 Å². The van der Waals surface area contributed by atoms with Gasteiger partial charge in [0.15, 0.2) is 0 Å². The highest BCUT2D eigenvalue weighted by Gasteiger charge is 2.37. The molecule has 1 N–H and O–H groups in total. The van der Waals surface area contributed by atoms with Crippen LogP contribution in [0.15, 0.2) is 35.1 Å². The third-order valence-electron chi connectivity index (χ3n) is 4.56. The first kappa shape index (κ1) is 14.8. The van der Waals surface area contributed by atoms with Crippen molar-refractivity contribution in [3.8, 4) is 0 Å². The summed E-state index contributed by atoms with van der Waals surface area (Å²) in [5.74, 6) is 0.322. The maximum absolute atomic E-state index is 12.9. The van der Waals surface area contributed by atoms with Crippen molar-refractivity contribution in [3.63, 3.8) is 0 Å². The largest absolute Gasteiger partial charge is 0.331 e. The fraction of sp³-hybridized carbons (Fsp3) is 0.444. The van der Waals surface area contributed by atoms with E-state index < -0.39 is 0 Å². The van der Waals surface area contributed by atoms with Crippen LogP contribution in [-0.4, -0.2) is 27.9 Å². The molecule has 0 saturated heterocycles. The maximum Gasteiger partial charge on any atom is 0.270 e. The quantitative estimate of drug-likeness (QED) is 0.942. The molecular weight excluding hydrogens is 276 g/mol. The fourth-order valence-corrected chi connectivity index (χ4v) is 2.82. The van der Waals surface area contributed by atoms with Gasteiger partial charge >= 0.3 is 0 Å². The lowest BCUT2D eigenvalue weighted by atomic mass is 10.0. The molecule has 116 valence electrons. The zero-order valence-corrected chi connectivity index (χ0v) is 13.3. The molecule has 1 aliphatic rings. The highest BCUT2D eigenvalue weighted by Crippen LogP contribution is 2.31. The second-order valence-corrected chi connectivity index (χ2v) is 6.53. The van der Waals surface area contributed by atoms with Crippen molar-refractivity contribution in [1.29, 1.82) is 0 Å². The number of rotatable bonds is 4. The van der Waals surface area contributed by atoms with Crippen molar-refractivity contribution < 1.29 is 4.79 Å². The van der Waals surface area contributed by atoms with Gasteiger partial charge in [-0.15, -0.1) is 0 Å². The van der Waals surface area contributed by atoms with E-state index in [4.69, 9.17) is 0 Å². The van der Waals surface area contributed by atoms with Crippen LogP contribution in [-0.2, 0) is 0 Å². The molecule has 1 aromatic heterocycles. The molecule has 22 heavy (non-hydrogen) atoms. The Balaban J connectivity index is 2.02. The van der Waals surface area contributed by atoms with Crippen LogP contribution in [0.1, 0.15) is 44.1 Å². The van der Waals surface area contributed by atoms with Gasteiger partial charge in [-0.2, -0.15) is 0 Å². The maximum atomic E-state index is 12.9. The second kappa shape index (κ2) is 5.59. The molecule has 2 aromatic rings. The van der Waals surface area contributed by atoms with Crippen molar-refractivity contribution in [2.45, 2.75) is 45.7 Å². The predicted molar refractivity (Wildman–Crippen MR) is 88.1 cm³/mol. The fourth-order valence-electron chi connectivity index (χ4n) is 2.82. The van der Waals surface area contributed by atoms with Gasteiger partial charge in [0.25, 0.3) is 11.5 Å². The van der Waals surface area contributed by atoms with E-state index in [2.05, 4.69) is 25.8 Å². The van der Waals surface area contributed by atoms with E-state index in [-0.39, 0.29) is 17.5 Å². The SMILES string of the molecule is CC(C)[C@@H](C)N(C(=O)c1cc2ccccc2c(=O)[nH]1)C1CC1. The minimum Gasteiger partial charge on any atom is -0.331 e. The smallest absolute Gasteiger partial charge is 0.270 e. The number of H-pyrrole nitrogens is 1. The number of nitrogens with one attached hydrogen (secondary N) is 1. The second-order valence-electron chi connectivity index (χ2n) is 6.53. The Hall–Kier alpha value is -2.10. The number of carbonyl (C=O) groups is 1. The monoisotopic (exact) mass is 298 g/mol. The number of hydrogen-bond donors (Lipinski definition) is 1. The zero-order chi connectivity index (χ0) is 15.9. The van der Waals surface area contributed by atoms with E-state index >= 15 is 0 Å². The topological polar surface area (TPSA) is 53.2 Å². The van der Waals surface area contributed by atoms with Crippen LogP contribution < -0.4 is 5.56 Å². The highest BCUT2D eigenvalue weighted by molar-refractivity contribution is 5.96. The normalized spacial score (nSPS) is 16.0. The van der Waals surface area contributed by atoms with E-state index in [1.807, 2.05) is 23.1 Å². The van der Waals surface area contributed by atoms with Gasteiger partial charge in [0.1, 0.15) is 5.69 Å². The summed E-state index contributed by atoms with van der Waals surface area (Å²) in [6.07, 6.45) is 2.11.